The van der Waals surface area contributed by atoms with Gasteiger partial charge >= 0.3 is 5.97 Å². The minimum atomic E-state index is -3.96. The van der Waals surface area contributed by atoms with Crippen LogP contribution >= 0.6 is 11.6 Å². The Bertz CT molecular complexity index is 1370. The molecular formula is C23H19ClN2O5S. The second kappa shape index (κ2) is 8.29. The third-order valence-corrected chi connectivity index (χ3v) is 7.48. The van der Waals surface area contributed by atoms with Crippen LogP contribution in [0.3, 0.4) is 0 Å². The molecule has 32 heavy (non-hydrogen) atoms. The number of fused-ring (bicyclic) bond motifs is 1. The van der Waals surface area contributed by atoms with Gasteiger partial charge < -0.3 is 15.4 Å². The van der Waals surface area contributed by atoms with Gasteiger partial charge in [-0.15, -0.1) is 0 Å². The number of sulfone groups is 1. The number of aliphatic carboxylic acids is 1. The van der Waals surface area contributed by atoms with Crippen molar-refractivity contribution in [1.29, 1.82) is 0 Å². The molecule has 2 heterocycles. The predicted molar refractivity (Wildman–Crippen MR) is 121 cm³/mol. The Balaban J connectivity index is 1.89. The first-order valence-electron chi connectivity index (χ1n) is 9.75. The van der Waals surface area contributed by atoms with Crippen molar-refractivity contribution in [1.82, 2.24) is 4.98 Å². The summed E-state index contributed by atoms with van der Waals surface area (Å²) in [6, 6.07) is 12.9. The molecule has 0 radical (unpaired) electrons. The van der Waals surface area contributed by atoms with Crippen LogP contribution in [0, 0.1) is 6.92 Å². The van der Waals surface area contributed by atoms with Crippen LogP contribution in [0.25, 0.3) is 11.6 Å². The molecule has 0 spiro atoms. The Morgan fingerprint density at radius 1 is 1.12 bits per heavy atom. The first kappa shape index (κ1) is 21.9. The number of rotatable bonds is 6. The number of aromatic amines is 1. The Morgan fingerprint density at radius 2 is 1.81 bits per heavy atom. The summed E-state index contributed by atoms with van der Waals surface area (Å²) in [6.45, 7) is 1.61. The molecule has 0 saturated carbocycles. The third kappa shape index (κ3) is 3.94. The van der Waals surface area contributed by atoms with E-state index in [9.17, 15) is 23.1 Å². The SMILES string of the molecule is Cc1[nH]c(/C=C2\C(=O)Nc3ccccc32)c(CCC(=O)O)c1S(=O)(=O)c1ccc(Cl)cc1. The number of hydrogen-bond acceptors (Lipinski definition) is 4. The van der Waals surface area contributed by atoms with Gasteiger partial charge in [0.1, 0.15) is 0 Å². The topological polar surface area (TPSA) is 116 Å². The number of benzene rings is 2. The molecule has 0 fully saturated rings. The lowest BCUT2D eigenvalue weighted by molar-refractivity contribution is -0.137. The van der Waals surface area contributed by atoms with Crippen molar-refractivity contribution < 1.29 is 23.1 Å². The number of amides is 1. The van der Waals surface area contributed by atoms with Crippen LogP contribution in [-0.2, 0) is 25.8 Å². The van der Waals surface area contributed by atoms with Gasteiger partial charge in [-0.1, -0.05) is 29.8 Å². The number of anilines is 1. The molecular weight excluding hydrogens is 452 g/mol. The van der Waals surface area contributed by atoms with E-state index in [1.54, 1.807) is 37.3 Å². The Hall–Kier alpha value is -3.36. The van der Waals surface area contributed by atoms with Gasteiger partial charge in [0.2, 0.25) is 9.84 Å². The molecule has 1 aliphatic heterocycles. The minimum Gasteiger partial charge on any atom is -0.481 e. The number of halogens is 1. The fourth-order valence-corrected chi connectivity index (χ4v) is 5.65. The summed E-state index contributed by atoms with van der Waals surface area (Å²) in [6.07, 6.45) is 1.29. The van der Waals surface area contributed by atoms with Crippen LogP contribution < -0.4 is 5.32 Å². The number of H-pyrrole nitrogens is 1. The zero-order valence-electron chi connectivity index (χ0n) is 17.0. The van der Waals surface area contributed by atoms with Gasteiger partial charge in [-0.25, -0.2) is 8.42 Å². The maximum absolute atomic E-state index is 13.4. The van der Waals surface area contributed by atoms with Crippen molar-refractivity contribution in [3.63, 3.8) is 0 Å². The van der Waals surface area contributed by atoms with Crippen LogP contribution in [-0.4, -0.2) is 30.4 Å². The van der Waals surface area contributed by atoms with Gasteiger partial charge in [0, 0.05) is 34.1 Å². The van der Waals surface area contributed by atoms with Crippen molar-refractivity contribution in [2.24, 2.45) is 0 Å². The number of carbonyl (C=O) groups excluding carboxylic acids is 1. The number of aromatic nitrogens is 1. The molecule has 4 rings (SSSR count). The number of carbonyl (C=O) groups is 2. The second-order valence-corrected chi connectivity index (χ2v) is 9.70. The quantitative estimate of drug-likeness (QED) is 0.464. The summed E-state index contributed by atoms with van der Waals surface area (Å²) in [5.41, 5.74) is 2.79. The number of carboxylic acid groups (broad SMARTS) is 1. The fourth-order valence-electron chi connectivity index (χ4n) is 3.81. The Morgan fingerprint density at radius 3 is 2.50 bits per heavy atom. The second-order valence-electron chi connectivity index (χ2n) is 7.38. The van der Waals surface area contributed by atoms with Gasteiger partial charge in [0.05, 0.1) is 15.4 Å². The highest BCUT2D eigenvalue weighted by Gasteiger charge is 2.29. The molecule has 0 unspecified atom stereocenters. The number of para-hydroxylation sites is 1. The van der Waals surface area contributed by atoms with Crippen LogP contribution in [0.1, 0.15) is 28.9 Å². The molecule has 2 aromatic carbocycles. The zero-order chi connectivity index (χ0) is 23.0. The Kier molecular flexibility index (Phi) is 5.66. The van der Waals surface area contributed by atoms with Crippen LogP contribution in [0.5, 0.6) is 0 Å². The van der Waals surface area contributed by atoms with E-state index in [2.05, 4.69) is 10.3 Å². The van der Waals surface area contributed by atoms with Crippen LogP contribution in [0.15, 0.2) is 58.3 Å². The minimum absolute atomic E-state index is 0.0135. The molecule has 0 atom stereocenters. The molecule has 3 N–H and O–H groups in total. The molecule has 1 amide bonds. The molecule has 0 bridgehead atoms. The average molecular weight is 471 g/mol. The number of nitrogens with one attached hydrogen (secondary N) is 2. The van der Waals surface area contributed by atoms with Gasteiger partial charge in [-0.05, 0) is 55.3 Å². The highest BCUT2D eigenvalue weighted by Crippen LogP contribution is 2.36. The molecule has 3 aromatic rings. The lowest BCUT2D eigenvalue weighted by Gasteiger charge is -2.08. The summed E-state index contributed by atoms with van der Waals surface area (Å²) >= 11 is 5.90. The highest BCUT2D eigenvalue weighted by molar-refractivity contribution is 7.91. The summed E-state index contributed by atoms with van der Waals surface area (Å²) in [4.78, 5) is 26.9. The first-order valence-corrected chi connectivity index (χ1v) is 11.6. The van der Waals surface area contributed by atoms with E-state index in [1.165, 1.54) is 24.3 Å². The van der Waals surface area contributed by atoms with E-state index in [-0.39, 0.29) is 28.5 Å². The van der Waals surface area contributed by atoms with Crippen molar-refractivity contribution in [2.75, 3.05) is 5.32 Å². The van der Waals surface area contributed by atoms with Gasteiger partial charge in [-0.3, -0.25) is 9.59 Å². The van der Waals surface area contributed by atoms with E-state index in [1.807, 2.05) is 0 Å². The number of carboxylic acids is 1. The summed E-state index contributed by atoms with van der Waals surface area (Å²) in [5.74, 6) is -1.37. The fraction of sp³-hybridized carbons (Fsp3) is 0.130. The maximum atomic E-state index is 13.4. The first-order chi connectivity index (χ1) is 15.2. The maximum Gasteiger partial charge on any atom is 0.303 e. The van der Waals surface area contributed by atoms with Crippen molar-refractivity contribution in [3.05, 3.63) is 76.1 Å². The smallest absolute Gasteiger partial charge is 0.303 e. The third-order valence-electron chi connectivity index (χ3n) is 5.24. The highest BCUT2D eigenvalue weighted by atomic mass is 35.5. The van der Waals surface area contributed by atoms with Crippen molar-refractivity contribution in [2.45, 2.75) is 29.6 Å². The van der Waals surface area contributed by atoms with E-state index in [0.717, 1.165) is 0 Å². The van der Waals surface area contributed by atoms with Gasteiger partial charge in [-0.2, -0.15) is 0 Å². The molecule has 164 valence electrons. The average Bonchev–Trinajstić information content (AvgIpc) is 3.23. The van der Waals surface area contributed by atoms with Crippen LogP contribution in [0.2, 0.25) is 5.02 Å². The van der Waals surface area contributed by atoms with E-state index in [0.29, 0.717) is 38.8 Å². The van der Waals surface area contributed by atoms with Gasteiger partial charge in [0.25, 0.3) is 5.91 Å². The molecule has 7 nitrogen and oxygen atoms in total. The van der Waals surface area contributed by atoms with Gasteiger partial charge in [0.15, 0.2) is 0 Å². The monoisotopic (exact) mass is 470 g/mol. The Labute approximate surface area is 189 Å². The summed E-state index contributed by atoms with van der Waals surface area (Å²) in [5, 5.41) is 12.4. The standard InChI is InChI=1S/C23H19ClN2O5S/c1-13-22(32(30,31)15-8-6-14(24)7-9-15)17(10-11-21(27)28)20(25-13)12-18-16-4-2-3-5-19(16)26-23(18)29/h2-9,12,25H,10-11H2,1H3,(H,26,29)(H,27,28)/b18-12-. The number of aryl methyl sites for hydroxylation is 1. The molecule has 0 aliphatic carbocycles. The van der Waals surface area contributed by atoms with Crippen molar-refractivity contribution in [3.8, 4) is 0 Å². The normalized spacial score (nSPS) is 14.4. The largest absolute Gasteiger partial charge is 0.481 e. The molecule has 9 heteroatoms. The predicted octanol–water partition coefficient (Wildman–Crippen LogP) is 4.32. The molecule has 1 aromatic heterocycles. The summed E-state index contributed by atoms with van der Waals surface area (Å²) in [7, 11) is -3.96. The summed E-state index contributed by atoms with van der Waals surface area (Å²) < 4.78 is 26.9. The number of hydrogen-bond donors (Lipinski definition) is 3. The lowest BCUT2D eigenvalue weighted by atomic mass is 10.0. The molecule has 0 saturated heterocycles. The zero-order valence-corrected chi connectivity index (χ0v) is 18.5. The van der Waals surface area contributed by atoms with Crippen LogP contribution in [0.4, 0.5) is 5.69 Å². The molecule has 1 aliphatic rings. The van der Waals surface area contributed by atoms with Crippen molar-refractivity contribution >= 4 is 50.7 Å². The van der Waals surface area contributed by atoms with E-state index >= 15 is 0 Å². The lowest BCUT2D eigenvalue weighted by Crippen LogP contribution is -2.08. The van der Waals surface area contributed by atoms with E-state index in [4.69, 9.17) is 11.6 Å². The van der Waals surface area contributed by atoms with E-state index < -0.39 is 15.8 Å².